The van der Waals surface area contributed by atoms with Gasteiger partial charge < -0.3 is 9.88 Å². The molecule has 1 N–H and O–H groups in total. The third kappa shape index (κ3) is 3.15. The number of rotatable bonds is 4. The minimum absolute atomic E-state index is 0.216. The lowest BCUT2D eigenvalue weighted by Gasteiger charge is -2.07. The molecule has 1 aromatic carbocycles. The second kappa shape index (κ2) is 6.87. The van der Waals surface area contributed by atoms with E-state index in [0.29, 0.717) is 34.4 Å². The monoisotopic (exact) mass is 401 g/mol. The second-order valence-electron chi connectivity index (χ2n) is 6.24. The highest BCUT2D eigenvalue weighted by Gasteiger charge is 2.19. The SMILES string of the molecule is CCc1nc2ccc(Cl)cn2c1C(=O)NCc1nc2cc(Cl)ccc2n1C. The molecule has 138 valence electrons. The zero-order valence-corrected chi connectivity index (χ0v) is 16.3. The predicted molar refractivity (Wildman–Crippen MR) is 106 cm³/mol. The van der Waals surface area contributed by atoms with Crippen molar-refractivity contribution in [2.75, 3.05) is 0 Å². The van der Waals surface area contributed by atoms with Crippen LogP contribution in [0.1, 0.15) is 28.9 Å². The van der Waals surface area contributed by atoms with Crippen molar-refractivity contribution >= 4 is 45.8 Å². The third-order valence-electron chi connectivity index (χ3n) is 4.55. The minimum Gasteiger partial charge on any atom is -0.343 e. The van der Waals surface area contributed by atoms with Gasteiger partial charge in [0, 0.05) is 18.3 Å². The normalized spacial score (nSPS) is 11.4. The summed E-state index contributed by atoms with van der Waals surface area (Å²) in [6, 6.07) is 9.11. The van der Waals surface area contributed by atoms with Crippen LogP contribution < -0.4 is 5.32 Å². The van der Waals surface area contributed by atoms with E-state index in [0.717, 1.165) is 22.6 Å². The van der Waals surface area contributed by atoms with E-state index in [4.69, 9.17) is 23.2 Å². The van der Waals surface area contributed by atoms with E-state index in [-0.39, 0.29) is 5.91 Å². The molecule has 0 aliphatic rings. The quantitative estimate of drug-likeness (QED) is 0.561. The van der Waals surface area contributed by atoms with Gasteiger partial charge in [-0.3, -0.25) is 9.20 Å². The van der Waals surface area contributed by atoms with Crippen LogP contribution in [0.2, 0.25) is 10.0 Å². The molecule has 0 aliphatic heterocycles. The van der Waals surface area contributed by atoms with E-state index < -0.39 is 0 Å². The molecule has 1 amide bonds. The molecule has 3 aromatic heterocycles. The van der Waals surface area contributed by atoms with Crippen LogP contribution in [-0.2, 0) is 20.0 Å². The van der Waals surface area contributed by atoms with E-state index in [9.17, 15) is 4.79 Å². The molecule has 6 nitrogen and oxygen atoms in total. The Hall–Kier alpha value is -2.57. The summed E-state index contributed by atoms with van der Waals surface area (Å²) in [7, 11) is 1.91. The highest BCUT2D eigenvalue weighted by molar-refractivity contribution is 6.31. The van der Waals surface area contributed by atoms with Gasteiger partial charge in [-0.2, -0.15) is 0 Å². The van der Waals surface area contributed by atoms with Crippen molar-refractivity contribution in [1.29, 1.82) is 0 Å². The number of halogens is 2. The van der Waals surface area contributed by atoms with Crippen LogP contribution >= 0.6 is 23.2 Å². The second-order valence-corrected chi connectivity index (χ2v) is 7.11. The highest BCUT2D eigenvalue weighted by atomic mass is 35.5. The first-order valence-corrected chi connectivity index (χ1v) is 9.29. The molecular formula is C19H17Cl2N5O. The van der Waals surface area contributed by atoms with Crippen molar-refractivity contribution in [2.24, 2.45) is 7.05 Å². The molecule has 0 saturated heterocycles. The first kappa shape index (κ1) is 17.8. The Morgan fingerprint density at radius 3 is 2.70 bits per heavy atom. The number of nitrogens with zero attached hydrogens (tertiary/aromatic N) is 4. The molecular weight excluding hydrogens is 385 g/mol. The third-order valence-corrected chi connectivity index (χ3v) is 5.01. The number of hydrogen-bond donors (Lipinski definition) is 1. The van der Waals surface area contributed by atoms with Crippen molar-refractivity contribution in [3.05, 3.63) is 63.8 Å². The average molecular weight is 402 g/mol. The molecule has 0 aliphatic carbocycles. The number of fused-ring (bicyclic) bond motifs is 2. The number of nitrogens with one attached hydrogen (secondary N) is 1. The summed E-state index contributed by atoms with van der Waals surface area (Å²) in [6.07, 6.45) is 2.35. The summed E-state index contributed by atoms with van der Waals surface area (Å²) in [5.74, 6) is 0.525. The fraction of sp³-hybridized carbons (Fsp3) is 0.211. The number of carbonyl (C=O) groups excluding carboxylic acids is 1. The van der Waals surface area contributed by atoms with Gasteiger partial charge in [-0.25, -0.2) is 9.97 Å². The molecule has 0 atom stereocenters. The lowest BCUT2D eigenvalue weighted by molar-refractivity contribution is 0.0942. The first-order chi connectivity index (χ1) is 13.0. The fourth-order valence-corrected chi connectivity index (χ4v) is 3.51. The van der Waals surface area contributed by atoms with Crippen LogP contribution in [0.3, 0.4) is 0 Å². The zero-order valence-electron chi connectivity index (χ0n) is 14.8. The maximum atomic E-state index is 12.9. The van der Waals surface area contributed by atoms with Gasteiger partial charge in [0.05, 0.1) is 28.3 Å². The van der Waals surface area contributed by atoms with Crippen LogP contribution in [0.15, 0.2) is 36.5 Å². The lowest BCUT2D eigenvalue weighted by atomic mass is 10.2. The van der Waals surface area contributed by atoms with E-state index in [1.165, 1.54) is 0 Å². The fourth-order valence-electron chi connectivity index (χ4n) is 3.18. The average Bonchev–Trinajstić information content (AvgIpc) is 3.16. The molecule has 0 radical (unpaired) electrons. The number of aryl methyl sites for hydroxylation is 2. The number of hydrogen-bond acceptors (Lipinski definition) is 3. The number of imidazole rings is 2. The van der Waals surface area contributed by atoms with Gasteiger partial charge in [0.1, 0.15) is 17.2 Å². The Morgan fingerprint density at radius 2 is 1.93 bits per heavy atom. The van der Waals surface area contributed by atoms with Gasteiger partial charge in [-0.05, 0) is 36.8 Å². The summed E-state index contributed by atoms with van der Waals surface area (Å²) in [6.45, 7) is 2.26. The number of aromatic nitrogens is 4. The molecule has 0 bridgehead atoms. The molecule has 4 rings (SSSR count). The smallest absolute Gasteiger partial charge is 0.270 e. The van der Waals surface area contributed by atoms with Crippen LogP contribution in [0, 0.1) is 0 Å². The molecule has 0 unspecified atom stereocenters. The van der Waals surface area contributed by atoms with Crippen LogP contribution in [0.4, 0.5) is 0 Å². The number of carbonyl (C=O) groups is 1. The van der Waals surface area contributed by atoms with Crippen molar-refractivity contribution in [3.8, 4) is 0 Å². The summed E-state index contributed by atoms with van der Waals surface area (Å²) >= 11 is 12.1. The van der Waals surface area contributed by atoms with Crippen LogP contribution in [0.5, 0.6) is 0 Å². The Bertz CT molecular complexity index is 1180. The Kier molecular flexibility index (Phi) is 4.53. The first-order valence-electron chi connectivity index (χ1n) is 8.53. The largest absolute Gasteiger partial charge is 0.343 e. The molecule has 0 fully saturated rings. The molecule has 3 heterocycles. The van der Waals surface area contributed by atoms with E-state index >= 15 is 0 Å². The maximum absolute atomic E-state index is 12.9. The van der Waals surface area contributed by atoms with Gasteiger partial charge in [0.2, 0.25) is 0 Å². The topological polar surface area (TPSA) is 64.2 Å². The summed E-state index contributed by atoms with van der Waals surface area (Å²) in [4.78, 5) is 22.0. The van der Waals surface area contributed by atoms with Gasteiger partial charge in [-0.15, -0.1) is 0 Å². The molecule has 27 heavy (non-hydrogen) atoms. The van der Waals surface area contributed by atoms with Crippen LogP contribution in [0.25, 0.3) is 16.7 Å². The van der Waals surface area contributed by atoms with E-state index in [2.05, 4.69) is 15.3 Å². The predicted octanol–water partition coefficient (Wildman–Crippen LogP) is 4.02. The van der Waals surface area contributed by atoms with Crippen LogP contribution in [-0.4, -0.2) is 24.8 Å². The van der Waals surface area contributed by atoms with Gasteiger partial charge in [0.25, 0.3) is 5.91 Å². The van der Waals surface area contributed by atoms with Crippen molar-refractivity contribution < 1.29 is 4.79 Å². The van der Waals surface area contributed by atoms with Crippen molar-refractivity contribution in [2.45, 2.75) is 19.9 Å². The Balaban J connectivity index is 1.64. The lowest BCUT2D eigenvalue weighted by Crippen LogP contribution is -2.26. The highest BCUT2D eigenvalue weighted by Crippen LogP contribution is 2.20. The Labute approximate surface area is 165 Å². The number of pyridine rings is 1. The van der Waals surface area contributed by atoms with Crippen molar-refractivity contribution in [3.63, 3.8) is 0 Å². The van der Waals surface area contributed by atoms with E-state index in [1.54, 1.807) is 22.7 Å². The van der Waals surface area contributed by atoms with E-state index in [1.807, 2.05) is 36.7 Å². The zero-order chi connectivity index (χ0) is 19.1. The number of amides is 1. The molecule has 0 saturated carbocycles. The molecule has 8 heteroatoms. The van der Waals surface area contributed by atoms with Gasteiger partial charge >= 0.3 is 0 Å². The standard InChI is InChI=1S/C19H17Cl2N5O/c1-3-13-18(26-10-12(21)5-7-16(26)23-13)19(27)22-9-17-24-14-8-11(20)4-6-15(14)25(17)2/h4-8,10H,3,9H2,1-2H3,(H,22,27). The van der Waals surface area contributed by atoms with Gasteiger partial charge in [0.15, 0.2) is 0 Å². The van der Waals surface area contributed by atoms with Gasteiger partial charge in [-0.1, -0.05) is 30.1 Å². The maximum Gasteiger partial charge on any atom is 0.270 e. The minimum atomic E-state index is -0.216. The van der Waals surface area contributed by atoms with Crippen molar-refractivity contribution in [1.82, 2.24) is 24.3 Å². The summed E-state index contributed by atoms with van der Waals surface area (Å²) < 4.78 is 3.67. The summed E-state index contributed by atoms with van der Waals surface area (Å²) in [5, 5.41) is 4.12. The molecule has 4 aromatic rings. The molecule has 0 spiro atoms. The summed E-state index contributed by atoms with van der Waals surface area (Å²) in [5.41, 5.74) is 3.67. The number of benzene rings is 1. The Morgan fingerprint density at radius 1 is 1.15 bits per heavy atom.